The number of carboxylic acid groups (broad SMARTS) is 1. The second kappa shape index (κ2) is 7.93. The van der Waals surface area contributed by atoms with E-state index in [0.29, 0.717) is 0 Å². The van der Waals surface area contributed by atoms with Crippen LogP contribution in [0.15, 0.2) is 0 Å². The fraction of sp³-hybridized carbons (Fsp3) is 0.700. The molecule has 2 atom stereocenters. The molecule has 0 spiro atoms. The van der Waals surface area contributed by atoms with E-state index < -0.39 is 29.9 Å². The summed E-state index contributed by atoms with van der Waals surface area (Å²) in [7, 11) is 0. The zero-order valence-corrected chi connectivity index (χ0v) is 11.2. The maximum absolute atomic E-state index is 11.4. The first-order chi connectivity index (χ1) is 8.29. The number of rotatable bonds is 7. The van der Waals surface area contributed by atoms with E-state index in [2.05, 4.69) is 23.3 Å². The lowest BCUT2D eigenvalue weighted by Gasteiger charge is -2.18. The third kappa shape index (κ3) is 5.87. The second-order valence-corrected chi connectivity index (χ2v) is 4.50. The van der Waals surface area contributed by atoms with Crippen LogP contribution in [0.25, 0.3) is 0 Å². The SMILES string of the molecule is CC(C)C(NC(=O)CNC(=O)C(N)CS)C(=O)O. The van der Waals surface area contributed by atoms with E-state index in [1.54, 1.807) is 13.8 Å². The fourth-order valence-corrected chi connectivity index (χ4v) is 1.29. The van der Waals surface area contributed by atoms with Gasteiger partial charge in [0.1, 0.15) is 6.04 Å². The summed E-state index contributed by atoms with van der Waals surface area (Å²) in [6, 6.07) is -1.77. The normalized spacial score (nSPS) is 13.8. The minimum absolute atomic E-state index is 0.164. The van der Waals surface area contributed by atoms with Crippen LogP contribution < -0.4 is 16.4 Å². The molecule has 0 rings (SSSR count). The van der Waals surface area contributed by atoms with Gasteiger partial charge in [-0.25, -0.2) is 4.79 Å². The standard InChI is InChI=1S/C10H19N3O4S/c1-5(2)8(10(16)17)13-7(14)3-12-9(15)6(11)4-18/h5-6,8,18H,3-4,11H2,1-2H3,(H,12,15)(H,13,14)(H,16,17). The van der Waals surface area contributed by atoms with E-state index in [4.69, 9.17) is 10.8 Å². The smallest absolute Gasteiger partial charge is 0.326 e. The molecule has 2 amide bonds. The van der Waals surface area contributed by atoms with Gasteiger partial charge in [-0.15, -0.1) is 0 Å². The first-order valence-electron chi connectivity index (χ1n) is 5.45. The van der Waals surface area contributed by atoms with Gasteiger partial charge in [-0.2, -0.15) is 12.6 Å². The van der Waals surface area contributed by atoms with Crippen LogP contribution >= 0.6 is 12.6 Å². The Kier molecular flexibility index (Phi) is 7.37. The van der Waals surface area contributed by atoms with Crippen molar-refractivity contribution in [3.8, 4) is 0 Å². The number of nitrogens with one attached hydrogen (secondary N) is 2. The van der Waals surface area contributed by atoms with Crippen LogP contribution in [0.4, 0.5) is 0 Å². The van der Waals surface area contributed by atoms with Crippen molar-refractivity contribution in [2.24, 2.45) is 11.7 Å². The summed E-state index contributed by atoms with van der Waals surface area (Å²) in [6.07, 6.45) is 0. The van der Waals surface area contributed by atoms with Crippen molar-refractivity contribution in [2.75, 3.05) is 12.3 Å². The highest BCUT2D eigenvalue weighted by atomic mass is 32.1. The lowest BCUT2D eigenvalue weighted by atomic mass is 10.1. The topological polar surface area (TPSA) is 122 Å². The number of thiol groups is 1. The van der Waals surface area contributed by atoms with Crippen LogP contribution in [0.2, 0.25) is 0 Å². The maximum atomic E-state index is 11.4. The van der Waals surface area contributed by atoms with Gasteiger partial charge in [-0.3, -0.25) is 9.59 Å². The van der Waals surface area contributed by atoms with Crippen molar-refractivity contribution in [3.05, 3.63) is 0 Å². The van der Waals surface area contributed by atoms with Crippen molar-refractivity contribution in [2.45, 2.75) is 25.9 Å². The molecule has 0 bridgehead atoms. The lowest BCUT2D eigenvalue weighted by molar-refractivity contribution is -0.143. The highest BCUT2D eigenvalue weighted by Gasteiger charge is 2.23. The summed E-state index contributed by atoms with van der Waals surface area (Å²) >= 11 is 3.84. The van der Waals surface area contributed by atoms with E-state index in [1.165, 1.54) is 0 Å². The number of aliphatic carboxylic acids is 1. The Balaban J connectivity index is 4.19. The zero-order chi connectivity index (χ0) is 14.3. The van der Waals surface area contributed by atoms with E-state index in [-0.39, 0.29) is 18.2 Å². The van der Waals surface area contributed by atoms with Crippen molar-refractivity contribution >= 4 is 30.4 Å². The van der Waals surface area contributed by atoms with Gasteiger partial charge in [0, 0.05) is 5.75 Å². The highest BCUT2D eigenvalue weighted by Crippen LogP contribution is 2.01. The molecule has 5 N–H and O–H groups in total. The Hall–Kier alpha value is -1.28. The molecule has 18 heavy (non-hydrogen) atoms. The number of carbonyl (C=O) groups is 3. The van der Waals surface area contributed by atoms with E-state index in [9.17, 15) is 14.4 Å². The van der Waals surface area contributed by atoms with Gasteiger partial charge in [-0.05, 0) is 5.92 Å². The van der Waals surface area contributed by atoms with E-state index in [0.717, 1.165) is 0 Å². The van der Waals surface area contributed by atoms with Crippen LogP contribution in [0.1, 0.15) is 13.8 Å². The fourth-order valence-electron chi connectivity index (χ4n) is 1.12. The van der Waals surface area contributed by atoms with Crippen LogP contribution in [0, 0.1) is 5.92 Å². The number of hydrogen-bond donors (Lipinski definition) is 5. The molecule has 2 unspecified atom stereocenters. The van der Waals surface area contributed by atoms with Gasteiger partial charge < -0.3 is 21.5 Å². The number of carboxylic acids is 1. The third-order valence-electron chi connectivity index (χ3n) is 2.21. The number of hydrogen-bond acceptors (Lipinski definition) is 5. The molecule has 0 saturated carbocycles. The predicted octanol–water partition coefficient (Wildman–Crippen LogP) is -1.41. The summed E-state index contributed by atoms with van der Waals surface area (Å²) < 4.78 is 0. The van der Waals surface area contributed by atoms with Gasteiger partial charge in [0.25, 0.3) is 0 Å². The zero-order valence-electron chi connectivity index (χ0n) is 10.3. The van der Waals surface area contributed by atoms with Crippen LogP contribution in [-0.2, 0) is 14.4 Å². The molecule has 0 aliphatic rings. The first kappa shape index (κ1) is 16.7. The van der Waals surface area contributed by atoms with Crippen molar-refractivity contribution < 1.29 is 19.5 Å². The summed E-state index contributed by atoms with van der Waals surface area (Å²) in [6.45, 7) is 3.04. The average Bonchev–Trinajstić information content (AvgIpc) is 2.30. The highest BCUT2D eigenvalue weighted by molar-refractivity contribution is 7.80. The minimum atomic E-state index is -1.11. The minimum Gasteiger partial charge on any atom is -0.480 e. The molecule has 0 radical (unpaired) electrons. The Morgan fingerprint density at radius 1 is 1.33 bits per heavy atom. The predicted molar refractivity (Wildman–Crippen MR) is 69.2 cm³/mol. The number of amides is 2. The number of carbonyl (C=O) groups excluding carboxylic acids is 2. The Labute approximate surface area is 111 Å². The molecule has 8 heteroatoms. The van der Waals surface area contributed by atoms with Gasteiger partial charge in [0.2, 0.25) is 11.8 Å². The third-order valence-corrected chi connectivity index (χ3v) is 2.60. The van der Waals surface area contributed by atoms with Crippen LogP contribution in [0.3, 0.4) is 0 Å². The van der Waals surface area contributed by atoms with Gasteiger partial charge >= 0.3 is 5.97 Å². The van der Waals surface area contributed by atoms with Crippen molar-refractivity contribution in [1.82, 2.24) is 10.6 Å². The average molecular weight is 277 g/mol. The van der Waals surface area contributed by atoms with Gasteiger partial charge in [-0.1, -0.05) is 13.8 Å². The summed E-state index contributed by atoms with van der Waals surface area (Å²) in [5.74, 6) is -2.28. The van der Waals surface area contributed by atoms with Crippen LogP contribution in [-0.4, -0.2) is 47.3 Å². The molecule has 0 aromatic carbocycles. The molecule has 0 fully saturated rings. The Morgan fingerprint density at radius 3 is 2.28 bits per heavy atom. The van der Waals surface area contributed by atoms with E-state index >= 15 is 0 Å². The lowest BCUT2D eigenvalue weighted by Crippen LogP contribution is -2.50. The largest absolute Gasteiger partial charge is 0.480 e. The number of nitrogens with two attached hydrogens (primary N) is 1. The molecule has 0 aromatic rings. The Bertz CT molecular complexity index is 322. The molecule has 0 aliphatic carbocycles. The van der Waals surface area contributed by atoms with Gasteiger partial charge in [0.05, 0.1) is 12.6 Å². The molecule has 7 nitrogen and oxygen atoms in total. The van der Waals surface area contributed by atoms with Crippen LogP contribution in [0.5, 0.6) is 0 Å². The van der Waals surface area contributed by atoms with Gasteiger partial charge in [0.15, 0.2) is 0 Å². The second-order valence-electron chi connectivity index (χ2n) is 4.13. The van der Waals surface area contributed by atoms with Crippen molar-refractivity contribution in [1.29, 1.82) is 0 Å². The quantitative estimate of drug-likeness (QED) is 0.366. The molecule has 0 aromatic heterocycles. The molecular formula is C10H19N3O4S. The summed E-state index contributed by atoms with van der Waals surface area (Å²) in [4.78, 5) is 33.5. The Morgan fingerprint density at radius 2 is 1.89 bits per heavy atom. The summed E-state index contributed by atoms with van der Waals surface area (Å²) in [5.41, 5.74) is 5.39. The summed E-state index contributed by atoms with van der Waals surface area (Å²) in [5, 5.41) is 13.5. The van der Waals surface area contributed by atoms with Crippen molar-refractivity contribution in [3.63, 3.8) is 0 Å². The molecular weight excluding hydrogens is 258 g/mol. The molecule has 0 aliphatic heterocycles. The first-order valence-corrected chi connectivity index (χ1v) is 6.09. The molecule has 0 saturated heterocycles. The monoisotopic (exact) mass is 277 g/mol. The maximum Gasteiger partial charge on any atom is 0.326 e. The molecule has 0 heterocycles. The van der Waals surface area contributed by atoms with E-state index in [1.807, 2.05) is 0 Å². The molecule has 104 valence electrons.